The summed E-state index contributed by atoms with van der Waals surface area (Å²) in [5.41, 5.74) is 0. The van der Waals surface area contributed by atoms with Gasteiger partial charge in [-0.3, -0.25) is 19.2 Å². The molecule has 0 heterocycles. The van der Waals surface area contributed by atoms with Gasteiger partial charge < -0.3 is 34.2 Å². The monoisotopic (exact) mass is 342 g/mol. The van der Waals surface area contributed by atoms with E-state index in [0.717, 1.165) is 27.7 Å². The van der Waals surface area contributed by atoms with Gasteiger partial charge in [0.25, 0.3) is 23.9 Å². The van der Waals surface area contributed by atoms with Crippen LogP contribution < -0.4 is 63.7 Å². The molecule has 0 bridgehead atoms. The first-order valence-electron chi connectivity index (χ1n) is 4.21. The van der Waals surface area contributed by atoms with Gasteiger partial charge in [-0.2, -0.15) is 0 Å². The molecule has 0 aliphatic carbocycles. The van der Waals surface area contributed by atoms with Crippen LogP contribution in [0.3, 0.4) is 0 Å². The molecule has 0 fully saturated rings. The predicted molar refractivity (Wildman–Crippen MR) is 75.6 cm³/mol. The van der Waals surface area contributed by atoms with E-state index in [1.807, 2.05) is 0 Å². The van der Waals surface area contributed by atoms with Crippen molar-refractivity contribution in [3.05, 3.63) is 13.2 Å². The van der Waals surface area contributed by atoms with Crippen molar-refractivity contribution >= 4 is 23.9 Å². The summed E-state index contributed by atoms with van der Waals surface area (Å²) in [7, 11) is 0. The topological polar surface area (TPSA) is 219 Å². The van der Waals surface area contributed by atoms with Crippen molar-refractivity contribution in [3.63, 3.8) is 0 Å². The second-order valence-electron chi connectivity index (χ2n) is 2.08. The molecule has 0 amide bonds. The van der Waals surface area contributed by atoms with Crippen molar-refractivity contribution in [2.24, 2.45) is 0 Å². The van der Waals surface area contributed by atoms with Crippen molar-refractivity contribution in [2.75, 3.05) is 0 Å². The second-order valence-corrected chi connectivity index (χ2v) is 2.08. The van der Waals surface area contributed by atoms with E-state index in [4.69, 9.17) is 39.6 Å². The van der Waals surface area contributed by atoms with Gasteiger partial charge in [0.05, 0.1) is 0 Å². The number of hydrogen-bond donors (Lipinski definition) is 6. The zero-order valence-corrected chi connectivity index (χ0v) is 16.4. The van der Waals surface area contributed by atoms with Crippen LogP contribution in [0, 0.1) is 0 Å². The third-order valence-electron chi connectivity index (χ3n) is 0. The molecule has 21 heavy (non-hydrogen) atoms. The van der Waals surface area contributed by atoms with Crippen LogP contribution in [0.15, 0.2) is 13.2 Å². The average Bonchev–Trinajstić information content (AvgIpc) is 2.01. The molecule has 0 aliphatic rings. The molecular weight excluding hydrogens is 315 g/mol. The maximum Gasteiger partial charge on any atom is 1.00 e. The summed E-state index contributed by atoms with van der Waals surface area (Å²) < 4.78 is 0. The van der Waals surface area contributed by atoms with Gasteiger partial charge in [-0.25, -0.2) is 0 Å². The van der Waals surface area contributed by atoms with Gasteiger partial charge in [0.1, 0.15) is 0 Å². The van der Waals surface area contributed by atoms with Gasteiger partial charge >= 0.3 is 51.4 Å². The molecular formula is C10H27KN2O8. The van der Waals surface area contributed by atoms with Gasteiger partial charge in [-0.05, 0) is 0 Å². The Morgan fingerprint density at radius 1 is 0.619 bits per heavy atom. The van der Waals surface area contributed by atoms with Crippen LogP contribution in [-0.2, 0) is 19.2 Å². The van der Waals surface area contributed by atoms with E-state index in [2.05, 4.69) is 13.2 Å². The molecule has 10 N–H and O–H groups in total. The summed E-state index contributed by atoms with van der Waals surface area (Å²) in [5.74, 6) is -3.33. The Morgan fingerprint density at radius 2 is 0.619 bits per heavy atom. The normalized spacial score (nSPS) is 4.95. The first kappa shape index (κ1) is 50.0. The van der Waals surface area contributed by atoms with E-state index in [9.17, 15) is 0 Å². The Labute approximate surface area is 168 Å². The minimum absolute atomic E-state index is 0. The second kappa shape index (κ2) is 50.7. The molecule has 0 atom stereocenters. The minimum Gasteiger partial charge on any atom is -1.00 e. The van der Waals surface area contributed by atoms with Crippen LogP contribution in [0.2, 0.25) is 0 Å². The summed E-state index contributed by atoms with van der Waals surface area (Å²) in [5, 5.41) is 29.7. The zero-order valence-electron chi connectivity index (χ0n) is 14.3. The van der Waals surface area contributed by atoms with E-state index in [1.165, 1.54) is 0 Å². The Kier molecular flexibility index (Phi) is 121. The maximum absolute atomic E-state index is 9.00. The van der Waals surface area contributed by atoms with Crippen LogP contribution in [-0.4, -0.2) is 44.3 Å². The summed E-state index contributed by atoms with van der Waals surface area (Å²) in [6.45, 7) is 10.3. The minimum atomic E-state index is -0.833. The smallest absolute Gasteiger partial charge is 1.00 e. The average molecular weight is 342 g/mol. The first-order chi connectivity index (χ1) is 7.93. The van der Waals surface area contributed by atoms with Crippen molar-refractivity contribution in [2.45, 2.75) is 27.7 Å². The number of carbonyl (C=O) groups is 4. The molecule has 11 heteroatoms. The molecule has 0 aromatic carbocycles. The maximum atomic E-state index is 9.00. The van der Waals surface area contributed by atoms with Gasteiger partial charge in [0.2, 0.25) is 0 Å². The van der Waals surface area contributed by atoms with Crippen molar-refractivity contribution in [1.29, 1.82) is 0 Å². The van der Waals surface area contributed by atoms with E-state index in [1.54, 1.807) is 0 Å². The molecule has 10 nitrogen and oxygen atoms in total. The van der Waals surface area contributed by atoms with E-state index < -0.39 is 23.9 Å². The molecule has 126 valence electrons. The fourth-order valence-electron chi connectivity index (χ4n) is 0. The van der Waals surface area contributed by atoms with Crippen molar-refractivity contribution in [1.82, 2.24) is 12.3 Å². The van der Waals surface area contributed by atoms with Gasteiger partial charge in [0.15, 0.2) is 0 Å². The molecule has 0 aromatic heterocycles. The molecule has 0 unspecified atom stereocenters. The number of carboxylic acid groups (broad SMARTS) is 4. The molecule has 0 spiro atoms. The Morgan fingerprint density at radius 3 is 0.619 bits per heavy atom. The van der Waals surface area contributed by atoms with E-state index in [-0.39, 0.29) is 65.1 Å². The third-order valence-corrected chi connectivity index (χ3v) is 0. The quantitative estimate of drug-likeness (QED) is 0.223. The molecule has 0 rings (SSSR count). The molecule has 0 radical (unpaired) electrons. The number of hydrogen-bond acceptors (Lipinski definition) is 6. The Balaban J connectivity index is -0.0000000133. The van der Waals surface area contributed by atoms with Crippen LogP contribution >= 0.6 is 0 Å². The first-order valence-corrected chi connectivity index (χ1v) is 4.21. The number of aliphatic carboxylic acids is 4. The Bertz CT molecular complexity index is 191. The van der Waals surface area contributed by atoms with Crippen molar-refractivity contribution < 1.29 is 92.4 Å². The largest absolute Gasteiger partial charge is 1.00 e. The summed E-state index contributed by atoms with van der Waals surface area (Å²) >= 11 is 0. The Hall–Kier alpha value is -0.824. The number of rotatable bonds is 0. The SMILES string of the molecule is C=C.CC(=O)O.CC(=O)O.CC(=O)O.CC(=O)O.N.N.[H-].[K+]. The third kappa shape index (κ3) is 8340. The van der Waals surface area contributed by atoms with Crippen molar-refractivity contribution in [3.8, 4) is 0 Å². The number of carboxylic acids is 4. The summed E-state index contributed by atoms with van der Waals surface area (Å²) in [6, 6.07) is 0. The molecule has 0 saturated carbocycles. The van der Waals surface area contributed by atoms with E-state index >= 15 is 0 Å². The standard InChI is InChI=1S/4C2H4O2.C2H4.K.2H3N.H/c4*1-2(3)4;1-2;;;;/h4*1H3,(H,3,4);1-2H2;;2*1H3;/q;;;;;+1;;;-1. The van der Waals surface area contributed by atoms with Gasteiger partial charge in [-0.15, -0.1) is 13.2 Å². The zero-order chi connectivity index (χ0) is 16.3. The van der Waals surface area contributed by atoms with Crippen LogP contribution in [0.4, 0.5) is 0 Å². The molecule has 0 aliphatic heterocycles. The van der Waals surface area contributed by atoms with Gasteiger partial charge in [-0.1, -0.05) is 0 Å². The van der Waals surface area contributed by atoms with Crippen LogP contribution in [0.1, 0.15) is 29.1 Å². The summed E-state index contributed by atoms with van der Waals surface area (Å²) in [4.78, 5) is 36.0. The van der Waals surface area contributed by atoms with Crippen LogP contribution in [0.5, 0.6) is 0 Å². The van der Waals surface area contributed by atoms with Gasteiger partial charge in [0, 0.05) is 27.7 Å². The summed E-state index contributed by atoms with van der Waals surface area (Å²) in [6.07, 6.45) is 0. The molecule has 0 aromatic rings. The fourth-order valence-corrected chi connectivity index (χ4v) is 0. The molecule has 0 saturated heterocycles. The fraction of sp³-hybridized carbons (Fsp3) is 0.400. The predicted octanol–water partition coefficient (Wildman–Crippen LogP) is -1.39. The van der Waals surface area contributed by atoms with Crippen LogP contribution in [0.25, 0.3) is 0 Å². The van der Waals surface area contributed by atoms with E-state index in [0.29, 0.717) is 0 Å².